The molecule has 0 spiro atoms. The average molecular weight is 168 g/mol. The smallest absolute Gasteiger partial charge is 0.381 e. The first-order valence-corrected chi connectivity index (χ1v) is 3.97. The first-order valence-electron chi connectivity index (χ1n) is 3.97. The predicted molar refractivity (Wildman–Crippen MR) is 44.7 cm³/mol. The molecule has 0 saturated carbocycles. The number of carbonyl (C=O) groups is 1. The van der Waals surface area contributed by atoms with Crippen molar-refractivity contribution in [1.29, 1.82) is 0 Å². The molecule has 3 N–H and O–H groups in total. The van der Waals surface area contributed by atoms with Crippen molar-refractivity contribution in [2.24, 2.45) is 0 Å². The molecule has 1 aliphatic rings. The molecule has 12 heavy (non-hydrogen) atoms. The SMILES string of the molecule is O=C(O)C#CC1CNCCCN1. The van der Waals surface area contributed by atoms with E-state index in [-0.39, 0.29) is 6.04 Å². The molecule has 0 amide bonds. The third kappa shape index (κ3) is 3.37. The van der Waals surface area contributed by atoms with Gasteiger partial charge in [0.15, 0.2) is 0 Å². The Hall–Kier alpha value is -1.05. The van der Waals surface area contributed by atoms with Crippen LogP contribution in [0.15, 0.2) is 0 Å². The van der Waals surface area contributed by atoms with E-state index >= 15 is 0 Å². The number of carboxylic acid groups (broad SMARTS) is 1. The van der Waals surface area contributed by atoms with E-state index in [0.717, 1.165) is 26.1 Å². The van der Waals surface area contributed by atoms with Crippen LogP contribution in [-0.4, -0.2) is 36.8 Å². The molecule has 1 saturated heterocycles. The van der Waals surface area contributed by atoms with Crippen LogP contribution in [0.5, 0.6) is 0 Å². The molecule has 1 aliphatic heterocycles. The highest BCUT2D eigenvalue weighted by Crippen LogP contribution is 1.86. The van der Waals surface area contributed by atoms with Gasteiger partial charge in [-0.3, -0.25) is 0 Å². The number of hydrogen-bond acceptors (Lipinski definition) is 3. The van der Waals surface area contributed by atoms with Gasteiger partial charge in [0.2, 0.25) is 0 Å². The van der Waals surface area contributed by atoms with Crippen LogP contribution in [0, 0.1) is 11.8 Å². The lowest BCUT2D eigenvalue weighted by molar-refractivity contribution is -0.130. The van der Waals surface area contributed by atoms with E-state index in [4.69, 9.17) is 5.11 Å². The highest BCUT2D eigenvalue weighted by atomic mass is 16.4. The van der Waals surface area contributed by atoms with Crippen LogP contribution < -0.4 is 10.6 Å². The lowest BCUT2D eigenvalue weighted by Crippen LogP contribution is -2.33. The Kier molecular flexibility index (Phi) is 3.58. The Morgan fingerprint density at radius 2 is 2.33 bits per heavy atom. The summed E-state index contributed by atoms with van der Waals surface area (Å²) in [6, 6.07) is -0.0244. The minimum Gasteiger partial charge on any atom is -0.472 e. The van der Waals surface area contributed by atoms with Crippen molar-refractivity contribution >= 4 is 5.97 Å². The lowest BCUT2D eigenvalue weighted by atomic mass is 10.3. The fraction of sp³-hybridized carbons (Fsp3) is 0.625. The normalized spacial score (nSPS) is 23.5. The second-order valence-corrected chi connectivity index (χ2v) is 2.64. The summed E-state index contributed by atoms with van der Waals surface area (Å²) >= 11 is 0. The first kappa shape index (κ1) is 9.04. The van der Waals surface area contributed by atoms with Gasteiger partial charge in [0.05, 0.1) is 6.04 Å². The molecule has 0 aromatic carbocycles. The first-order chi connectivity index (χ1) is 5.79. The quantitative estimate of drug-likeness (QED) is 0.407. The minimum atomic E-state index is -1.07. The van der Waals surface area contributed by atoms with E-state index < -0.39 is 5.97 Å². The zero-order valence-electron chi connectivity index (χ0n) is 6.76. The summed E-state index contributed by atoms with van der Waals surface area (Å²) in [6.45, 7) is 2.59. The van der Waals surface area contributed by atoms with Crippen molar-refractivity contribution in [3.8, 4) is 11.8 Å². The number of rotatable bonds is 0. The summed E-state index contributed by atoms with van der Waals surface area (Å²) in [5.41, 5.74) is 0. The highest BCUT2D eigenvalue weighted by Gasteiger charge is 2.06. The second kappa shape index (κ2) is 4.75. The van der Waals surface area contributed by atoms with E-state index in [2.05, 4.69) is 22.5 Å². The van der Waals surface area contributed by atoms with Crippen LogP contribution in [0.2, 0.25) is 0 Å². The molecule has 1 atom stereocenters. The molecule has 0 aromatic rings. The molecule has 0 aliphatic carbocycles. The molecule has 1 fully saturated rings. The molecule has 66 valence electrons. The van der Waals surface area contributed by atoms with Crippen molar-refractivity contribution in [1.82, 2.24) is 10.6 Å². The zero-order valence-corrected chi connectivity index (χ0v) is 6.76. The molecule has 0 bridgehead atoms. The summed E-state index contributed by atoms with van der Waals surface area (Å²) in [6.07, 6.45) is 1.06. The number of aliphatic carboxylic acids is 1. The van der Waals surface area contributed by atoms with Crippen molar-refractivity contribution in [3.63, 3.8) is 0 Å². The summed E-state index contributed by atoms with van der Waals surface area (Å²) in [4.78, 5) is 10.1. The predicted octanol–water partition coefficient (Wildman–Crippen LogP) is -0.974. The third-order valence-corrected chi connectivity index (χ3v) is 1.62. The van der Waals surface area contributed by atoms with E-state index in [1.807, 2.05) is 0 Å². The summed E-state index contributed by atoms with van der Waals surface area (Å²) in [5, 5.41) is 14.6. The average Bonchev–Trinajstić information content (AvgIpc) is 2.28. The lowest BCUT2D eigenvalue weighted by Gasteiger charge is -2.06. The van der Waals surface area contributed by atoms with Gasteiger partial charge in [-0.05, 0) is 19.5 Å². The Labute approximate surface area is 71.3 Å². The van der Waals surface area contributed by atoms with Gasteiger partial charge in [0.1, 0.15) is 0 Å². The number of carboxylic acids is 1. The van der Waals surface area contributed by atoms with Crippen LogP contribution in [-0.2, 0) is 4.79 Å². The van der Waals surface area contributed by atoms with Gasteiger partial charge in [-0.2, -0.15) is 0 Å². The monoisotopic (exact) mass is 168 g/mol. The molecule has 4 heteroatoms. The Morgan fingerprint density at radius 3 is 3.08 bits per heavy atom. The Balaban J connectivity index is 2.40. The maximum Gasteiger partial charge on any atom is 0.381 e. The number of hydrogen-bond donors (Lipinski definition) is 3. The topological polar surface area (TPSA) is 61.4 Å². The van der Waals surface area contributed by atoms with E-state index in [1.165, 1.54) is 0 Å². The van der Waals surface area contributed by atoms with Crippen LogP contribution >= 0.6 is 0 Å². The van der Waals surface area contributed by atoms with E-state index in [0.29, 0.717) is 0 Å². The van der Waals surface area contributed by atoms with Crippen molar-refractivity contribution < 1.29 is 9.90 Å². The summed E-state index contributed by atoms with van der Waals surface area (Å²) < 4.78 is 0. The van der Waals surface area contributed by atoms with Gasteiger partial charge in [-0.15, -0.1) is 0 Å². The van der Waals surface area contributed by atoms with Crippen LogP contribution in [0.1, 0.15) is 6.42 Å². The second-order valence-electron chi connectivity index (χ2n) is 2.64. The Bertz CT molecular complexity index is 209. The molecular weight excluding hydrogens is 156 g/mol. The van der Waals surface area contributed by atoms with Crippen molar-refractivity contribution in [2.45, 2.75) is 12.5 Å². The van der Waals surface area contributed by atoms with Gasteiger partial charge in [-0.1, -0.05) is 5.92 Å². The molecular formula is C8H12N2O2. The molecule has 1 rings (SSSR count). The van der Waals surface area contributed by atoms with Crippen LogP contribution in [0.25, 0.3) is 0 Å². The maximum absolute atomic E-state index is 10.1. The van der Waals surface area contributed by atoms with Gasteiger partial charge in [0, 0.05) is 12.5 Å². The standard InChI is InChI=1S/C8H12N2O2/c11-8(12)3-2-7-6-9-4-1-5-10-7/h7,9-10H,1,4-6H2,(H,11,12). The molecule has 0 aromatic heterocycles. The van der Waals surface area contributed by atoms with E-state index in [1.54, 1.807) is 0 Å². The summed E-state index contributed by atoms with van der Waals surface area (Å²) in [7, 11) is 0. The van der Waals surface area contributed by atoms with Gasteiger partial charge in [-0.25, -0.2) is 4.79 Å². The number of nitrogens with one attached hydrogen (secondary N) is 2. The Morgan fingerprint density at radius 1 is 1.50 bits per heavy atom. The fourth-order valence-electron chi connectivity index (χ4n) is 1.06. The highest BCUT2D eigenvalue weighted by molar-refractivity contribution is 5.86. The van der Waals surface area contributed by atoms with Crippen LogP contribution in [0.4, 0.5) is 0 Å². The molecule has 1 unspecified atom stereocenters. The van der Waals surface area contributed by atoms with Crippen molar-refractivity contribution in [2.75, 3.05) is 19.6 Å². The van der Waals surface area contributed by atoms with Gasteiger partial charge in [0.25, 0.3) is 0 Å². The minimum absolute atomic E-state index is 0.0244. The largest absolute Gasteiger partial charge is 0.472 e. The van der Waals surface area contributed by atoms with Gasteiger partial charge >= 0.3 is 5.97 Å². The summed E-state index contributed by atoms with van der Waals surface area (Å²) in [5.74, 6) is 3.68. The third-order valence-electron chi connectivity index (χ3n) is 1.62. The maximum atomic E-state index is 10.1. The molecule has 4 nitrogen and oxygen atoms in total. The fourth-order valence-corrected chi connectivity index (χ4v) is 1.06. The molecule has 1 heterocycles. The molecule has 0 radical (unpaired) electrons. The van der Waals surface area contributed by atoms with E-state index in [9.17, 15) is 4.79 Å². The zero-order chi connectivity index (χ0) is 8.81. The van der Waals surface area contributed by atoms with Crippen LogP contribution in [0.3, 0.4) is 0 Å². The van der Waals surface area contributed by atoms with Gasteiger partial charge < -0.3 is 15.7 Å². The van der Waals surface area contributed by atoms with Crippen molar-refractivity contribution in [3.05, 3.63) is 0 Å².